The van der Waals surface area contributed by atoms with Crippen LogP contribution in [0.3, 0.4) is 0 Å². The molecule has 29 heavy (non-hydrogen) atoms. The van der Waals surface area contributed by atoms with Gasteiger partial charge in [-0.15, -0.1) is 5.10 Å². The van der Waals surface area contributed by atoms with E-state index in [1.807, 2.05) is 26.8 Å². The Bertz CT molecular complexity index is 1260. The first-order chi connectivity index (χ1) is 14.0. The van der Waals surface area contributed by atoms with Gasteiger partial charge in [0.1, 0.15) is 6.33 Å². The standard InChI is InChI=1S/C20H19N7O2/c1-12(2)27-20(29)16-7-5-4-6-15(16)18(23-27)19(28)22-14-9-8-13(3)17(10-14)26-11-21-24-25-26/h4-12H,1-3H3,(H,22,28). The zero-order valence-electron chi connectivity index (χ0n) is 16.2. The lowest BCUT2D eigenvalue weighted by molar-refractivity contribution is 0.102. The van der Waals surface area contributed by atoms with E-state index in [-0.39, 0.29) is 17.3 Å². The molecule has 146 valence electrons. The highest BCUT2D eigenvalue weighted by Gasteiger charge is 2.18. The smallest absolute Gasteiger partial charge is 0.276 e. The van der Waals surface area contributed by atoms with Gasteiger partial charge in [-0.2, -0.15) is 5.10 Å². The Morgan fingerprint density at radius 1 is 1.10 bits per heavy atom. The van der Waals surface area contributed by atoms with Gasteiger partial charge in [0.2, 0.25) is 0 Å². The summed E-state index contributed by atoms with van der Waals surface area (Å²) in [6, 6.07) is 12.3. The van der Waals surface area contributed by atoms with Gasteiger partial charge in [-0.1, -0.05) is 24.3 Å². The van der Waals surface area contributed by atoms with Crippen LogP contribution in [0, 0.1) is 6.92 Å². The fraction of sp³-hybridized carbons (Fsp3) is 0.200. The zero-order chi connectivity index (χ0) is 20.5. The molecule has 0 radical (unpaired) electrons. The first-order valence-corrected chi connectivity index (χ1v) is 9.12. The minimum absolute atomic E-state index is 0.176. The van der Waals surface area contributed by atoms with Crippen molar-refractivity contribution < 1.29 is 4.79 Å². The van der Waals surface area contributed by atoms with Crippen LogP contribution in [-0.2, 0) is 0 Å². The molecule has 2 aromatic carbocycles. The van der Waals surface area contributed by atoms with Gasteiger partial charge in [0.15, 0.2) is 5.69 Å². The molecule has 1 N–H and O–H groups in total. The van der Waals surface area contributed by atoms with E-state index < -0.39 is 5.91 Å². The highest BCUT2D eigenvalue weighted by molar-refractivity contribution is 6.11. The topological polar surface area (TPSA) is 108 Å². The average Bonchev–Trinajstić information content (AvgIpc) is 3.24. The highest BCUT2D eigenvalue weighted by atomic mass is 16.2. The number of tetrazole rings is 1. The number of benzene rings is 2. The van der Waals surface area contributed by atoms with Crippen LogP contribution in [0.25, 0.3) is 16.5 Å². The van der Waals surface area contributed by atoms with Crippen LogP contribution in [0.2, 0.25) is 0 Å². The molecule has 0 unspecified atom stereocenters. The fourth-order valence-electron chi connectivity index (χ4n) is 3.12. The summed E-state index contributed by atoms with van der Waals surface area (Å²) in [4.78, 5) is 25.7. The Hall–Kier alpha value is -3.88. The molecule has 0 bridgehead atoms. The summed E-state index contributed by atoms with van der Waals surface area (Å²) in [6.07, 6.45) is 1.49. The minimum atomic E-state index is -0.401. The largest absolute Gasteiger partial charge is 0.321 e. The summed E-state index contributed by atoms with van der Waals surface area (Å²) < 4.78 is 2.86. The van der Waals surface area contributed by atoms with E-state index in [1.165, 1.54) is 15.7 Å². The molecule has 2 heterocycles. The van der Waals surface area contributed by atoms with Gasteiger partial charge in [0.05, 0.1) is 17.1 Å². The number of hydrogen-bond acceptors (Lipinski definition) is 6. The predicted octanol–water partition coefficient (Wildman–Crippen LogP) is 2.51. The molecule has 0 saturated carbocycles. The zero-order valence-corrected chi connectivity index (χ0v) is 16.2. The van der Waals surface area contributed by atoms with Gasteiger partial charge in [0, 0.05) is 11.1 Å². The van der Waals surface area contributed by atoms with E-state index >= 15 is 0 Å². The van der Waals surface area contributed by atoms with Crippen LogP contribution in [0.1, 0.15) is 35.9 Å². The molecule has 0 saturated heterocycles. The molecule has 4 aromatic rings. The van der Waals surface area contributed by atoms with Crippen molar-refractivity contribution in [3.05, 3.63) is 70.4 Å². The van der Waals surface area contributed by atoms with Crippen LogP contribution >= 0.6 is 0 Å². The summed E-state index contributed by atoms with van der Waals surface area (Å²) in [5, 5.41) is 19.4. The number of hydrogen-bond donors (Lipinski definition) is 1. The van der Waals surface area contributed by atoms with Gasteiger partial charge in [-0.05, 0) is 55.0 Å². The number of nitrogens with one attached hydrogen (secondary N) is 1. The molecule has 4 rings (SSSR count). The molecule has 9 heteroatoms. The maximum absolute atomic E-state index is 13.1. The molecule has 0 fully saturated rings. The van der Waals surface area contributed by atoms with Crippen molar-refractivity contribution in [2.75, 3.05) is 5.32 Å². The van der Waals surface area contributed by atoms with E-state index in [0.717, 1.165) is 11.3 Å². The monoisotopic (exact) mass is 389 g/mol. The fourth-order valence-corrected chi connectivity index (χ4v) is 3.12. The third-order valence-electron chi connectivity index (χ3n) is 4.60. The quantitative estimate of drug-likeness (QED) is 0.575. The van der Waals surface area contributed by atoms with Crippen LogP contribution in [-0.4, -0.2) is 35.9 Å². The first kappa shape index (κ1) is 18.5. The lowest BCUT2D eigenvalue weighted by Crippen LogP contribution is -2.28. The maximum Gasteiger partial charge on any atom is 0.276 e. The van der Waals surface area contributed by atoms with Crippen molar-refractivity contribution in [3.8, 4) is 5.69 Å². The van der Waals surface area contributed by atoms with Crippen molar-refractivity contribution in [3.63, 3.8) is 0 Å². The predicted molar refractivity (Wildman–Crippen MR) is 108 cm³/mol. The van der Waals surface area contributed by atoms with E-state index in [9.17, 15) is 9.59 Å². The number of amides is 1. The minimum Gasteiger partial charge on any atom is -0.321 e. The van der Waals surface area contributed by atoms with Gasteiger partial charge < -0.3 is 5.32 Å². The molecule has 9 nitrogen and oxygen atoms in total. The van der Waals surface area contributed by atoms with Crippen LogP contribution in [0.4, 0.5) is 5.69 Å². The summed E-state index contributed by atoms with van der Waals surface area (Å²) in [7, 11) is 0. The Balaban J connectivity index is 1.77. The van der Waals surface area contributed by atoms with E-state index in [1.54, 1.807) is 36.4 Å². The Morgan fingerprint density at radius 2 is 1.86 bits per heavy atom. The lowest BCUT2D eigenvalue weighted by Gasteiger charge is -2.14. The summed E-state index contributed by atoms with van der Waals surface area (Å²) >= 11 is 0. The third kappa shape index (κ3) is 3.38. The summed E-state index contributed by atoms with van der Waals surface area (Å²) in [6.45, 7) is 5.63. The third-order valence-corrected chi connectivity index (χ3v) is 4.60. The Kier molecular flexibility index (Phi) is 4.63. The second kappa shape index (κ2) is 7.27. The molecule has 0 atom stereocenters. The molecule has 1 amide bonds. The highest BCUT2D eigenvalue weighted by Crippen LogP contribution is 2.20. The van der Waals surface area contributed by atoms with Crippen molar-refractivity contribution in [1.29, 1.82) is 0 Å². The second-order valence-electron chi connectivity index (χ2n) is 6.95. The van der Waals surface area contributed by atoms with Gasteiger partial charge in [-0.25, -0.2) is 9.36 Å². The number of anilines is 1. The summed E-state index contributed by atoms with van der Waals surface area (Å²) in [5.41, 5.74) is 2.24. The van der Waals surface area contributed by atoms with Gasteiger partial charge in [0.25, 0.3) is 11.5 Å². The Morgan fingerprint density at radius 3 is 2.55 bits per heavy atom. The van der Waals surface area contributed by atoms with Crippen LogP contribution in [0.5, 0.6) is 0 Å². The molecule has 2 aromatic heterocycles. The SMILES string of the molecule is Cc1ccc(NC(=O)c2nn(C(C)C)c(=O)c3ccccc23)cc1-n1cnnn1. The number of aryl methyl sites for hydroxylation is 1. The van der Waals surface area contributed by atoms with Crippen molar-refractivity contribution in [2.45, 2.75) is 26.8 Å². The van der Waals surface area contributed by atoms with Crippen molar-refractivity contribution in [2.24, 2.45) is 0 Å². The lowest BCUT2D eigenvalue weighted by atomic mass is 10.1. The number of nitrogens with zero attached hydrogens (tertiary/aromatic N) is 6. The molecule has 0 aliphatic rings. The number of fused-ring (bicyclic) bond motifs is 1. The molecular formula is C20H19N7O2. The van der Waals surface area contributed by atoms with E-state index in [4.69, 9.17) is 0 Å². The number of carbonyl (C=O) groups is 1. The molecular weight excluding hydrogens is 370 g/mol. The van der Waals surface area contributed by atoms with E-state index in [0.29, 0.717) is 16.5 Å². The van der Waals surface area contributed by atoms with Crippen molar-refractivity contribution >= 4 is 22.4 Å². The van der Waals surface area contributed by atoms with Gasteiger partial charge >= 0.3 is 0 Å². The maximum atomic E-state index is 13.1. The van der Waals surface area contributed by atoms with Crippen molar-refractivity contribution in [1.82, 2.24) is 30.0 Å². The summed E-state index contributed by atoms with van der Waals surface area (Å²) in [5.74, 6) is -0.401. The molecule has 0 spiro atoms. The number of aromatic nitrogens is 6. The average molecular weight is 389 g/mol. The first-order valence-electron chi connectivity index (χ1n) is 9.12. The van der Waals surface area contributed by atoms with E-state index in [2.05, 4.69) is 25.9 Å². The second-order valence-corrected chi connectivity index (χ2v) is 6.95. The van der Waals surface area contributed by atoms with Crippen LogP contribution < -0.4 is 10.9 Å². The number of rotatable bonds is 4. The van der Waals surface area contributed by atoms with Gasteiger partial charge in [-0.3, -0.25) is 9.59 Å². The molecule has 0 aliphatic carbocycles. The van der Waals surface area contributed by atoms with Crippen LogP contribution in [0.15, 0.2) is 53.6 Å². The Labute approximate surface area is 166 Å². The molecule has 0 aliphatic heterocycles. The number of carbonyl (C=O) groups excluding carboxylic acids is 1. The normalized spacial score (nSPS) is 11.2.